The Hall–Kier alpha value is -3.50. The van der Waals surface area contributed by atoms with Gasteiger partial charge >= 0.3 is 0 Å². The number of rotatable bonds is 6. The Labute approximate surface area is 203 Å². The molecule has 35 heavy (non-hydrogen) atoms. The minimum atomic E-state index is -0.193. The normalized spacial score (nSPS) is 20.7. The van der Waals surface area contributed by atoms with E-state index in [0.717, 1.165) is 67.4 Å². The van der Waals surface area contributed by atoms with E-state index in [1.54, 1.807) is 17.8 Å². The number of nitrogens with zero attached hydrogens (tertiary/aromatic N) is 5. The van der Waals surface area contributed by atoms with Crippen molar-refractivity contribution in [3.63, 3.8) is 0 Å². The molecule has 2 fully saturated rings. The SMILES string of the molecule is CNc1cc(-c2cnc3n(C4CCOCC4)cccc2-3)nc2c(C(=O)NC3CCC3OC)cnn12. The molecule has 3 aliphatic heterocycles. The van der Waals surface area contributed by atoms with E-state index in [1.807, 2.05) is 19.3 Å². The van der Waals surface area contributed by atoms with Gasteiger partial charge in [0.25, 0.3) is 5.91 Å². The van der Waals surface area contributed by atoms with E-state index in [-0.39, 0.29) is 18.1 Å². The summed E-state index contributed by atoms with van der Waals surface area (Å²) in [6, 6.07) is 6.45. The van der Waals surface area contributed by atoms with Gasteiger partial charge in [-0.05, 0) is 37.8 Å². The van der Waals surface area contributed by atoms with Crippen molar-refractivity contribution in [3.05, 3.63) is 42.4 Å². The molecule has 10 heteroatoms. The standard InChI is InChI=1S/C25H29N7O3/c1-26-22-12-20(17-13-27-23-16(17)4-3-9-31(23)15-7-10-35-11-8-15)29-24-18(14-28-32(22)24)25(33)30-19-5-6-21(19)34-2/h3-4,9,12-15,19,21,26H,5-8,10-11H2,1-2H3,(H,30,33). The van der Waals surface area contributed by atoms with Crippen LogP contribution in [-0.4, -0.2) is 69.6 Å². The zero-order valence-electron chi connectivity index (χ0n) is 19.9. The largest absolute Gasteiger partial charge is 0.381 e. The molecule has 1 amide bonds. The second-order valence-corrected chi connectivity index (χ2v) is 9.17. The molecule has 0 radical (unpaired) electrons. The lowest BCUT2D eigenvalue weighted by Gasteiger charge is -2.35. The summed E-state index contributed by atoms with van der Waals surface area (Å²) in [5, 5.41) is 10.7. The Morgan fingerprint density at radius 1 is 1.17 bits per heavy atom. The first-order valence-electron chi connectivity index (χ1n) is 12.1. The average Bonchev–Trinajstić information content (AvgIpc) is 3.51. The lowest BCUT2D eigenvalue weighted by Crippen LogP contribution is -2.51. The Bertz CT molecular complexity index is 1340. The molecule has 1 saturated carbocycles. The molecule has 182 valence electrons. The minimum Gasteiger partial charge on any atom is -0.381 e. The minimum absolute atomic E-state index is 0.0123. The lowest BCUT2D eigenvalue weighted by atomic mass is 9.89. The fourth-order valence-corrected chi connectivity index (χ4v) is 5.12. The average molecular weight is 476 g/mol. The van der Waals surface area contributed by atoms with E-state index in [4.69, 9.17) is 19.4 Å². The summed E-state index contributed by atoms with van der Waals surface area (Å²) in [6.07, 6.45) is 9.39. The number of fused-ring (bicyclic) bond motifs is 2. The molecular weight excluding hydrogens is 446 g/mol. The van der Waals surface area contributed by atoms with Crippen LogP contribution in [-0.2, 0) is 9.47 Å². The molecule has 1 saturated heterocycles. The van der Waals surface area contributed by atoms with Crippen LogP contribution in [0.4, 0.5) is 5.82 Å². The van der Waals surface area contributed by atoms with Gasteiger partial charge in [0.15, 0.2) is 5.65 Å². The number of aromatic nitrogens is 5. The Morgan fingerprint density at radius 2 is 2.03 bits per heavy atom. The van der Waals surface area contributed by atoms with Crippen molar-refractivity contribution in [2.24, 2.45) is 0 Å². The van der Waals surface area contributed by atoms with Crippen LogP contribution in [0.15, 0.2) is 36.8 Å². The molecule has 5 heterocycles. The molecule has 2 aromatic heterocycles. The van der Waals surface area contributed by atoms with Gasteiger partial charge in [-0.2, -0.15) is 9.61 Å². The van der Waals surface area contributed by atoms with Crippen molar-refractivity contribution in [1.29, 1.82) is 0 Å². The first kappa shape index (κ1) is 22.0. The van der Waals surface area contributed by atoms with E-state index in [0.29, 0.717) is 17.3 Å². The number of nitrogens with one attached hydrogen (secondary N) is 2. The number of amides is 1. The predicted octanol–water partition coefficient (Wildman–Crippen LogP) is 3.00. The summed E-state index contributed by atoms with van der Waals surface area (Å²) in [6.45, 7) is 1.53. The van der Waals surface area contributed by atoms with Crippen molar-refractivity contribution in [2.45, 2.75) is 43.9 Å². The van der Waals surface area contributed by atoms with Crippen molar-refractivity contribution in [1.82, 2.24) is 29.5 Å². The summed E-state index contributed by atoms with van der Waals surface area (Å²) in [5.74, 6) is 1.48. The van der Waals surface area contributed by atoms with E-state index in [9.17, 15) is 4.79 Å². The predicted molar refractivity (Wildman–Crippen MR) is 131 cm³/mol. The van der Waals surface area contributed by atoms with Gasteiger partial charge in [-0.25, -0.2) is 9.97 Å². The summed E-state index contributed by atoms with van der Waals surface area (Å²) < 4.78 is 14.9. The molecule has 10 nitrogen and oxygen atoms in total. The van der Waals surface area contributed by atoms with Crippen LogP contribution >= 0.6 is 0 Å². The molecule has 2 unspecified atom stereocenters. The molecular formula is C25H29N7O3. The summed E-state index contributed by atoms with van der Waals surface area (Å²) >= 11 is 0. The Morgan fingerprint density at radius 3 is 2.77 bits per heavy atom. The van der Waals surface area contributed by atoms with E-state index < -0.39 is 0 Å². The first-order valence-corrected chi connectivity index (χ1v) is 12.1. The third kappa shape index (κ3) is 3.73. The van der Waals surface area contributed by atoms with Crippen molar-refractivity contribution < 1.29 is 14.3 Å². The molecule has 0 bridgehead atoms. The summed E-state index contributed by atoms with van der Waals surface area (Å²) in [4.78, 5) is 22.8. The monoisotopic (exact) mass is 475 g/mol. The number of carbonyl (C=O) groups excluding carboxylic acids is 1. The molecule has 6 rings (SSSR count). The highest BCUT2D eigenvalue weighted by atomic mass is 16.5. The van der Waals surface area contributed by atoms with Crippen molar-refractivity contribution in [3.8, 4) is 22.6 Å². The maximum Gasteiger partial charge on any atom is 0.257 e. The molecule has 0 aromatic carbocycles. The van der Waals surface area contributed by atoms with E-state index in [2.05, 4.69) is 38.6 Å². The molecule has 2 N–H and O–H groups in total. The Kier molecular flexibility index (Phi) is 5.62. The number of carbonyl (C=O) groups is 1. The molecule has 4 aliphatic rings. The van der Waals surface area contributed by atoms with Crippen LogP contribution in [0.3, 0.4) is 0 Å². The number of ether oxygens (including phenoxy) is 2. The summed E-state index contributed by atoms with van der Waals surface area (Å²) in [5.41, 5.74) is 3.63. The number of methoxy groups -OCH3 is 1. The van der Waals surface area contributed by atoms with Gasteiger partial charge in [0, 0.05) is 63.0 Å². The molecule has 2 aromatic rings. The van der Waals surface area contributed by atoms with Gasteiger partial charge in [0.1, 0.15) is 17.2 Å². The number of hydrogen-bond donors (Lipinski definition) is 2. The second kappa shape index (κ2) is 8.94. The van der Waals surface area contributed by atoms with Crippen LogP contribution in [0, 0.1) is 0 Å². The topological polar surface area (TPSA) is 108 Å². The third-order valence-corrected chi connectivity index (χ3v) is 7.26. The van der Waals surface area contributed by atoms with Crippen LogP contribution in [0.1, 0.15) is 42.1 Å². The second-order valence-electron chi connectivity index (χ2n) is 9.17. The molecule has 1 aliphatic carbocycles. The number of pyridine rings is 1. The zero-order chi connectivity index (χ0) is 23.9. The van der Waals surface area contributed by atoms with Crippen LogP contribution in [0.25, 0.3) is 28.3 Å². The van der Waals surface area contributed by atoms with Crippen LogP contribution < -0.4 is 10.6 Å². The quantitative estimate of drug-likeness (QED) is 0.441. The van der Waals surface area contributed by atoms with Gasteiger partial charge in [-0.3, -0.25) is 4.79 Å². The van der Waals surface area contributed by atoms with E-state index in [1.165, 1.54) is 0 Å². The van der Waals surface area contributed by atoms with Crippen LogP contribution in [0.5, 0.6) is 0 Å². The smallest absolute Gasteiger partial charge is 0.257 e. The summed E-state index contributed by atoms with van der Waals surface area (Å²) in [7, 11) is 3.51. The highest BCUT2D eigenvalue weighted by Crippen LogP contribution is 2.36. The fourth-order valence-electron chi connectivity index (χ4n) is 5.12. The maximum absolute atomic E-state index is 13.1. The number of hydrogen-bond acceptors (Lipinski definition) is 7. The van der Waals surface area contributed by atoms with Gasteiger partial charge in [-0.1, -0.05) is 0 Å². The van der Waals surface area contributed by atoms with Crippen molar-refractivity contribution >= 4 is 17.4 Å². The third-order valence-electron chi connectivity index (χ3n) is 7.26. The Balaban J connectivity index is 1.38. The fraction of sp³-hybridized carbons (Fsp3) is 0.440. The van der Waals surface area contributed by atoms with Gasteiger partial charge in [0.05, 0.1) is 24.0 Å². The van der Waals surface area contributed by atoms with Crippen LogP contribution in [0.2, 0.25) is 0 Å². The highest BCUT2D eigenvalue weighted by Gasteiger charge is 2.33. The van der Waals surface area contributed by atoms with E-state index >= 15 is 0 Å². The van der Waals surface area contributed by atoms with Gasteiger partial charge in [-0.15, -0.1) is 0 Å². The van der Waals surface area contributed by atoms with Gasteiger partial charge < -0.3 is 24.7 Å². The molecule has 0 spiro atoms. The van der Waals surface area contributed by atoms with Gasteiger partial charge in [0.2, 0.25) is 0 Å². The number of anilines is 1. The zero-order valence-corrected chi connectivity index (χ0v) is 19.9. The molecule has 2 atom stereocenters. The van der Waals surface area contributed by atoms with Crippen molar-refractivity contribution in [2.75, 3.05) is 32.7 Å². The first-order chi connectivity index (χ1) is 17.2. The highest BCUT2D eigenvalue weighted by molar-refractivity contribution is 6.00. The lowest BCUT2D eigenvalue weighted by molar-refractivity contribution is 0.00732. The maximum atomic E-state index is 13.1.